The summed E-state index contributed by atoms with van der Waals surface area (Å²) in [5.74, 6) is 1.46. The first-order valence-corrected chi connectivity index (χ1v) is 7.52. The summed E-state index contributed by atoms with van der Waals surface area (Å²) in [6.45, 7) is 0.711. The molecule has 2 aromatic carbocycles. The highest BCUT2D eigenvalue weighted by molar-refractivity contribution is 6.31. The summed E-state index contributed by atoms with van der Waals surface area (Å²) in [5, 5.41) is 13.4. The largest absolute Gasteiger partial charge is 0.457 e. The van der Waals surface area contributed by atoms with Gasteiger partial charge in [-0.3, -0.25) is 0 Å². The van der Waals surface area contributed by atoms with E-state index in [1.165, 1.54) is 12.8 Å². The van der Waals surface area contributed by atoms with Gasteiger partial charge >= 0.3 is 0 Å². The summed E-state index contributed by atoms with van der Waals surface area (Å²) in [4.78, 5) is 0. The molecule has 0 aromatic heterocycles. The van der Waals surface area contributed by atoms with Crippen molar-refractivity contribution in [2.24, 2.45) is 0 Å². The Bertz CT molecular complexity index is 626. The number of halogens is 1. The molecule has 1 aliphatic carbocycles. The van der Waals surface area contributed by atoms with Crippen LogP contribution in [-0.2, 0) is 13.2 Å². The van der Waals surface area contributed by atoms with Crippen LogP contribution in [0.1, 0.15) is 24.0 Å². The highest BCUT2D eigenvalue weighted by atomic mass is 35.5. The molecule has 0 radical (unpaired) electrons. The minimum absolute atomic E-state index is 0.00282. The first-order valence-electron chi connectivity index (χ1n) is 7.14. The van der Waals surface area contributed by atoms with Crippen LogP contribution < -0.4 is 10.1 Å². The van der Waals surface area contributed by atoms with Crippen LogP contribution in [0, 0.1) is 0 Å². The van der Waals surface area contributed by atoms with E-state index in [4.69, 9.17) is 16.3 Å². The van der Waals surface area contributed by atoms with Gasteiger partial charge in [0, 0.05) is 23.2 Å². The van der Waals surface area contributed by atoms with Crippen molar-refractivity contribution in [3.05, 3.63) is 58.6 Å². The van der Waals surface area contributed by atoms with E-state index in [0.29, 0.717) is 23.4 Å². The number of hydrogen-bond acceptors (Lipinski definition) is 3. The standard InChI is InChI=1S/C17H18ClNO2/c18-16-5-2-6-17(15(16)10-19-13-7-8-13)21-14-4-1-3-12(9-14)11-20/h1-6,9,13,19-20H,7-8,10-11H2. The molecule has 1 fully saturated rings. The maximum absolute atomic E-state index is 9.19. The molecule has 0 heterocycles. The zero-order valence-corrected chi connectivity index (χ0v) is 12.4. The fraction of sp³-hybridized carbons (Fsp3) is 0.294. The summed E-state index contributed by atoms with van der Waals surface area (Å²) in [6.07, 6.45) is 2.47. The van der Waals surface area contributed by atoms with Gasteiger partial charge in [-0.25, -0.2) is 0 Å². The predicted molar refractivity (Wildman–Crippen MR) is 83.8 cm³/mol. The van der Waals surface area contributed by atoms with Crippen LogP contribution in [0.25, 0.3) is 0 Å². The first-order chi connectivity index (χ1) is 10.3. The van der Waals surface area contributed by atoms with Gasteiger partial charge < -0.3 is 15.2 Å². The normalized spacial score (nSPS) is 14.2. The second kappa shape index (κ2) is 6.48. The number of ether oxygens (including phenoxy) is 1. The molecule has 21 heavy (non-hydrogen) atoms. The van der Waals surface area contributed by atoms with Crippen molar-refractivity contribution in [2.75, 3.05) is 0 Å². The SMILES string of the molecule is OCc1cccc(Oc2cccc(Cl)c2CNC2CC2)c1. The van der Waals surface area contributed by atoms with Crippen molar-refractivity contribution in [1.29, 1.82) is 0 Å². The Morgan fingerprint density at radius 3 is 2.76 bits per heavy atom. The molecule has 4 heteroatoms. The fourth-order valence-corrected chi connectivity index (χ4v) is 2.41. The fourth-order valence-electron chi connectivity index (χ4n) is 2.17. The third-order valence-electron chi connectivity index (χ3n) is 3.53. The third kappa shape index (κ3) is 3.76. The zero-order valence-electron chi connectivity index (χ0n) is 11.7. The van der Waals surface area contributed by atoms with E-state index in [0.717, 1.165) is 16.9 Å². The van der Waals surface area contributed by atoms with Crippen molar-refractivity contribution in [3.8, 4) is 11.5 Å². The smallest absolute Gasteiger partial charge is 0.133 e. The molecule has 1 saturated carbocycles. The van der Waals surface area contributed by atoms with E-state index < -0.39 is 0 Å². The number of rotatable bonds is 6. The molecular weight excluding hydrogens is 286 g/mol. The van der Waals surface area contributed by atoms with E-state index in [9.17, 15) is 5.11 Å². The van der Waals surface area contributed by atoms with Gasteiger partial charge in [-0.1, -0.05) is 29.8 Å². The van der Waals surface area contributed by atoms with Gasteiger partial charge in [0.05, 0.1) is 6.61 Å². The molecule has 0 amide bonds. The molecule has 3 nitrogen and oxygen atoms in total. The molecule has 2 aromatic rings. The molecule has 0 saturated heterocycles. The molecule has 0 bridgehead atoms. The first kappa shape index (κ1) is 14.4. The van der Waals surface area contributed by atoms with Gasteiger partial charge in [0.2, 0.25) is 0 Å². The minimum Gasteiger partial charge on any atom is -0.457 e. The quantitative estimate of drug-likeness (QED) is 0.851. The van der Waals surface area contributed by atoms with Crippen molar-refractivity contribution in [1.82, 2.24) is 5.32 Å². The molecular formula is C17H18ClNO2. The molecule has 110 valence electrons. The van der Waals surface area contributed by atoms with E-state index in [-0.39, 0.29) is 6.61 Å². The Kier molecular flexibility index (Phi) is 4.44. The molecule has 3 rings (SSSR count). The van der Waals surface area contributed by atoms with E-state index in [1.54, 1.807) is 0 Å². The van der Waals surface area contributed by atoms with Crippen LogP contribution in [0.2, 0.25) is 5.02 Å². The van der Waals surface area contributed by atoms with Crippen LogP contribution in [0.5, 0.6) is 11.5 Å². The Labute approximate surface area is 129 Å². The molecule has 0 unspecified atom stereocenters. The van der Waals surface area contributed by atoms with Crippen molar-refractivity contribution >= 4 is 11.6 Å². The van der Waals surface area contributed by atoms with Crippen LogP contribution in [0.3, 0.4) is 0 Å². The number of hydrogen-bond donors (Lipinski definition) is 2. The minimum atomic E-state index is 0.00282. The van der Waals surface area contributed by atoms with Gasteiger partial charge in [-0.2, -0.15) is 0 Å². The molecule has 2 N–H and O–H groups in total. The number of benzene rings is 2. The lowest BCUT2D eigenvalue weighted by Crippen LogP contribution is -2.16. The average molecular weight is 304 g/mol. The number of aliphatic hydroxyl groups is 1. The van der Waals surface area contributed by atoms with Crippen molar-refractivity contribution < 1.29 is 9.84 Å². The monoisotopic (exact) mass is 303 g/mol. The van der Waals surface area contributed by atoms with Gasteiger partial charge in [-0.05, 0) is 42.7 Å². The summed E-state index contributed by atoms with van der Waals surface area (Å²) >= 11 is 6.30. The highest BCUT2D eigenvalue weighted by Crippen LogP contribution is 2.31. The highest BCUT2D eigenvalue weighted by Gasteiger charge is 2.21. The average Bonchev–Trinajstić information content (AvgIpc) is 3.31. The van der Waals surface area contributed by atoms with Gasteiger partial charge in [0.15, 0.2) is 0 Å². The third-order valence-corrected chi connectivity index (χ3v) is 3.88. The second-order valence-corrected chi connectivity index (χ2v) is 5.69. The van der Waals surface area contributed by atoms with Crippen molar-refractivity contribution in [2.45, 2.75) is 32.0 Å². The van der Waals surface area contributed by atoms with Gasteiger partial charge in [0.25, 0.3) is 0 Å². The number of nitrogens with one attached hydrogen (secondary N) is 1. The Morgan fingerprint density at radius 1 is 1.19 bits per heavy atom. The lowest BCUT2D eigenvalue weighted by molar-refractivity contribution is 0.281. The van der Waals surface area contributed by atoms with Crippen LogP contribution in [0.4, 0.5) is 0 Å². The summed E-state index contributed by atoms with van der Waals surface area (Å²) in [7, 11) is 0. The van der Waals surface area contributed by atoms with Crippen molar-refractivity contribution in [3.63, 3.8) is 0 Å². The second-order valence-electron chi connectivity index (χ2n) is 5.28. The number of aliphatic hydroxyl groups excluding tert-OH is 1. The molecule has 0 atom stereocenters. The lowest BCUT2D eigenvalue weighted by atomic mass is 10.2. The van der Waals surface area contributed by atoms with Gasteiger partial charge in [-0.15, -0.1) is 0 Å². The Balaban J connectivity index is 1.81. The van der Waals surface area contributed by atoms with E-state index in [2.05, 4.69) is 5.32 Å². The maximum atomic E-state index is 9.19. The maximum Gasteiger partial charge on any atom is 0.133 e. The summed E-state index contributed by atoms with van der Waals surface area (Å²) in [5.41, 5.74) is 1.80. The zero-order chi connectivity index (χ0) is 14.7. The Hall–Kier alpha value is -1.55. The van der Waals surface area contributed by atoms with Gasteiger partial charge in [0.1, 0.15) is 11.5 Å². The van der Waals surface area contributed by atoms with Crippen LogP contribution in [0.15, 0.2) is 42.5 Å². The van der Waals surface area contributed by atoms with E-state index in [1.807, 2.05) is 42.5 Å². The summed E-state index contributed by atoms with van der Waals surface area (Å²) in [6, 6.07) is 13.7. The summed E-state index contributed by atoms with van der Waals surface area (Å²) < 4.78 is 5.95. The predicted octanol–water partition coefficient (Wildman–Crippen LogP) is 3.88. The van der Waals surface area contributed by atoms with E-state index >= 15 is 0 Å². The Morgan fingerprint density at radius 2 is 2.00 bits per heavy atom. The lowest BCUT2D eigenvalue weighted by Gasteiger charge is -2.13. The van der Waals surface area contributed by atoms with Crippen LogP contribution in [-0.4, -0.2) is 11.1 Å². The molecule has 1 aliphatic rings. The topological polar surface area (TPSA) is 41.5 Å². The van der Waals surface area contributed by atoms with Crippen LogP contribution >= 0.6 is 11.6 Å². The molecule has 0 spiro atoms. The molecule has 0 aliphatic heterocycles.